The quantitative estimate of drug-likeness (QED) is 0.767. The van der Waals surface area contributed by atoms with Crippen molar-refractivity contribution in [3.8, 4) is 5.75 Å². The van der Waals surface area contributed by atoms with Crippen molar-refractivity contribution in [2.75, 3.05) is 18.5 Å². The maximum absolute atomic E-state index is 12.8. The molecule has 1 aromatic heterocycles. The lowest BCUT2D eigenvalue weighted by atomic mass is 9.95. The Hall–Kier alpha value is -2.83. The van der Waals surface area contributed by atoms with E-state index in [0.717, 1.165) is 24.2 Å². The smallest absolute Gasteiger partial charge is 0.338 e. The number of carbonyl (C=O) groups excluding carboxylic acids is 1. The summed E-state index contributed by atoms with van der Waals surface area (Å²) in [5, 5.41) is 7.47. The SMILES string of the molecule is CCCOC(=O)C1=C(C)Nc2ncnn2C1c1ccccc1OCCC. The Morgan fingerprint density at radius 3 is 2.77 bits per heavy atom. The minimum Gasteiger partial charge on any atom is -0.493 e. The van der Waals surface area contributed by atoms with Gasteiger partial charge in [-0.25, -0.2) is 9.48 Å². The number of allylic oxidation sites excluding steroid dienone is 1. The highest BCUT2D eigenvalue weighted by Gasteiger charge is 2.35. The van der Waals surface area contributed by atoms with Gasteiger partial charge < -0.3 is 14.8 Å². The van der Waals surface area contributed by atoms with Crippen molar-refractivity contribution in [3.05, 3.63) is 47.4 Å². The molecule has 0 amide bonds. The molecule has 1 aromatic carbocycles. The molecule has 0 aliphatic carbocycles. The molecule has 1 aliphatic rings. The van der Waals surface area contributed by atoms with Crippen LogP contribution in [0.5, 0.6) is 5.75 Å². The molecule has 1 atom stereocenters. The van der Waals surface area contributed by atoms with E-state index in [9.17, 15) is 4.79 Å². The fourth-order valence-electron chi connectivity index (χ4n) is 2.97. The highest BCUT2D eigenvalue weighted by molar-refractivity contribution is 5.92. The topological polar surface area (TPSA) is 78.3 Å². The predicted octanol–water partition coefficient (Wildman–Crippen LogP) is 3.31. The Kier molecular flexibility index (Phi) is 5.55. The summed E-state index contributed by atoms with van der Waals surface area (Å²) in [5.41, 5.74) is 2.09. The first-order valence-electron chi connectivity index (χ1n) is 8.93. The van der Waals surface area contributed by atoms with Crippen molar-refractivity contribution >= 4 is 11.9 Å². The van der Waals surface area contributed by atoms with Crippen LogP contribution in [0.25, 0.3) is 0 Å². The third kappa shape index (κ3) is 3.42. The molecule has 0 saturated carbocycles. The molecule has 7 heteroatoms. The number of carbonyl (C=O) groups is 1. The Morgan fingerprint density at radius 1 is 1.23 bits per heavy atom. The van der Waals surface area contributed by atoms with Crippen LogP contribution in [-0.2, 0) is 9.53 Å². The van der Waals surface area contributed by atoms with Gasteiger partial charge in [0.25, 0.3) is 0 Å². The second-order valence-electron chi connectivity index (χ2n) is 6.12. The third-order valence-corrected chi connectivity index (χ3v) is 4.13. The maximum atomic E-state index is 12.8. The fraction of sp³-hybridized carbons (Fsp3) is 0.421. The van der Waals surface area contributed by atoms with E-state index in [0.29, 0.717) is 30.4 Å². The van der Waals surface area contributed by atoms with E-state index >= 15 is 0 Å². The Labute approximate surface area is 153 Å². The zero-order valence-electron chi connectivity index (χ0n) is 15.4. The van der Waals surface area contributed by atoms with Crippen LogP contribution in [0, 0.1) is 0 Å². The summed E-state index contributed by atoms with van der Waals surface area (Å²) in [4.78, 5) is 17.0. The number of para-hydroxylation sites is 1. The number of aromatic nitrogens is 3. The molecule has 0 spiro atoms. The van der Waals surface area contributed by atoms with Gasteiger partial charge in [0, 0.05) is 11.3 Å². The van der Waals surface area contributed by atoms with Gasteiger partial charge in [0.05, 0.1) is 18.8 Å². The lowest BCUT2D eigenvalue weighted by molar-refractivity contribution is -0.139. The first-order valence-corrected chi connectivity index (χ1v) is 8.93. The van der Waals surface area contributed by atoms with Crippen LogP contribution in [0.2, 0.25) is 0 Å². The Bertz CT molecular complexity index is 813. The summed E-state index contributed by atoms with van der Waals surface area (Å²) in [6.07, 6.45) is 3.13. The van der Waals surface area contributed by atoms with Gasteiger partial charge in [-0.2, -0.15) is 10.1 Å². The number of fused-ring (bicyclic) bond motifs is 1. The van der Waals surface area contributed by atoms with E-state index < -0.39 is 6.04 Å². The number of anilines is 1. The molecule has 0 saturated heterocycles. The average Bonchev–Trinajstić information content (AvgIpc) is 3.11. The first-order chi connectivity index (χ1) is 12.7. The number of hydrogen-bond acceptors (Lipinski definition) is 6. The van der Waals surface area contributed by atoms with E-state index in [1.54, 1.807) is 4.68 Å². The molecule has 0 bridgehead atoms. The van der Waals surface area contributed by atoms with Crippen LogP contribution in [0.15, 0.2) is 41.9 Å². The van der Waals surface area contributed by atoms with E-state index in [-0.39, 0.29) is 5.97 Å². The van der Waals surface area contributed by atoms with Crippen molar-refractivity contribution in [2.24, 2.45) is 0 Å². The fourth-order valence-corrected chi connectivity index (χ4v) is 2.97. The summed E-state index contributed by atoms with van der Waals surface area (Å²) in [6.45, 7) is 6.85. The number of esters is 1. The first kappa shape index (κ1) is 18.0. The van der Waals surface area contributed by atoms with Gasteiger partial charge in [0.15, 0.2) is 0 Å². The highest BCUT2D eigenvalue weighted by Crippen LogP contribution is 2.39. The van der Waals surface area contributed by atoms with Crippen LogP contribution in [0.1, 0.15) is 45.2 Å². The van der Waals surface area contributed by atoms with Crippen molar-refractivity contribution in [1.29, 1.82) is 0 Å². The van der Waals surface area contributed by atoms with Gasteiger partial charge in [0.1, 0.15) is 18.1 Å². The molecular formula is C19H24N4O3. The second kappa shape index (κ2) is 8.03. The number of ether oxygens (including phenoxy) is 2. The predicted molar refractivity (Wildman–Crippen MR) is 98.0 cm³/mol. The minimum atomic E-state index is -0.453. The van der Waals surface area contributed by atoms with Crippen LogP contribution >= 0.6 is 0 Å². The molecule has 1 N–H and O–H groups in total. The standard InChI is InChI=1S/C19H24N4O3/c1-4-10-25-15-9-7-6-8-14(15)17-16(18(24)26-11-5-2)13(3)22-19-20-12-21-23(17)19/h6-9,12,17H,4-5,10-11H2,1-3H3,(H,20,21,22). The van der Waals surface area contributed by atoms with Crippen LogP contribution in [0.4, 0.5) is 5.95 Å². The highest BCUT2D eigenvalue weighted by atomic mass is 16.5. The van der Waals surface area contributed by atoms with Crippen LogP contribution in [0.3, 0.4) is 0 Å². The molecule has 2 heterocycles. The summed E-state index contributed by atoms with van der Waals surface area (Å²) < 4.78 is 13.0. The van der Waals surface area contributed by atoms with E-state index in [2.05, 4.69) is 22.3 Å². The van der Waals surface area contributed by atoms with Gasteiger partial charge in [-0.1, -0.05) is 32.0 Å². The van der Waals surface area contributed by atoms with Crippen molar-refractivity contribution in [2.45, 2.75) is 39.7 Å². The lowest BCUT2D eigenvalue weighted by Gasteiger charge is -2.29. The zero-order chi connectivity index (χ0) is 18.5. The van der Waals surface area contributed by atoms with Crippen molar-refractivity contribution < 1.29 is 14.3 Å². The van der Waals surface area contributed by atoms with Crippen LogP contribution < -0.4 is 10.1 Å². The molecular weight excluding hydrogens is 332 g/mol. The number of nitrogens with one attached hydrogen (secondary N) is 1. The molecule has 1 aliphatic heterocycles. The number of nitrogens with zero attached hydrogens (tertiary/aromatic N) is 3. The third-order valence-electron chi connectivity index (χ3n) is 4.13. The molecule has 0 radical (unpaired) electrons. The molecule has 138 valence electrons. The van der Waals surface area contributed by atoms with Gasteiger partial charge in [-0.3, -0.25) is 0 Å². The van der Waals surface area contributed by atoms with Crippen molar-refractivity contribution in [3.63, 3.8) is 0 Å². The van der Waals surface area contributed by atoms with Gasteiger partial charge in [-0.05, 0) is 25.8 Å². The molecule has 26 heavy (non-hydrogen) atoms. The normalized spacial score (nSPS) is 16.0. The summed E-state index contributed by atoms with van der Waals surface area (Å²) in [5.74, 6) is 0.967. The molecule has 7 nitrogen and oxygen atoms in total. The minimum absolute atomic E-state index is 0.353. The number of hydrogen-bond donors (Lipinski definition) is 1. The van der Waals surface area contributed by atoms with E-state index in [1.807, 2.05) is 38.1 Å². The van der Waals surface area contributed by atoms with Crippen LogP contribution in [-0.4, -0.2) is 33.9 Å². The monoisotopic (exact) mass is 356 g/mol. The summed E-state index contributed by atoms with van der Waals surface area (Å²) in [6, 6.07) is 7.26. The number of rotatable bonds is 7. The summed E-state index contributed by atoms with van der Waals surface area (Å²) >= 11 is 0. The number of benzene rings is 1. The second-order valence-corrected chi connectivity index (χ2v) is 6.12. The van der Waals surface area contributed by atoms with E-state index in [4.69, 9.17) is 9.47 Å². The molecule has 1 unspecified atom stereocenters. The van der Waals surface area contributed by atoms with Gasteiger partial charge in [0.2, 0.25) is 5.95 Å². The molecule has 2 aromatic rings. The largest absolute Gasteiger partial charge is 0.493 e. The lowest BCUT2D eigenvalue weighted by Crippen LogP contribution is -2.30. The Balaban J connectivity index is 2.08. The molecule has 0 fully saturated rings. The zero-order valence-corrected chi connectivity index (χ0v) is 15.4. The van der Waals surface area contributed by atoms with Crippen molar-refractivity contribution in [1.82, 2.24) is 14.8 Å². The Morgan fingerprint density at radius 2 is 2.00 bits per heavy atom. The van der Waals surface area contributed by atoms with Gasteiger partial charge in [-0.15, -0.1) is 0 Å². The summed E-state index contributed by atoms with van der Waals surface area (Å²) in [7, 11) is 0. The maximum Gasteiger partial charge on any atom is 0.338 e. The van der Waals surface area contributed by atoms with Gasteiger partial charge >= 0.3 is 5.97 Å². The average molecular weight is 356 g/mol. The van der Waals surface area contributed by atoms with E-state index in [1.165, 1.54) is 6.33 Å². The molecule has 3 rings (SSSR count).